The first-order valence-electron chi connectivity index (χ1n) is 6.36. The topological polar surface area (TPSA) is 40.5 Å². The average Bonchev–Trinajstić information content (AvgIpc) is 2.55. The Morgan fingerprint density at radius 2 is 2.11 bits per heavy atom. The summed E-state index contributed by atoms with van der Waals surface area (Å²) in [7, 11) is -1.43. The van der Waals surface area contributed by atoms with Crippen molar-refractivity contribution in [2.75, 3.05) is 0 Å². The van der Waals surface area contributed by atoms with Crippen LogP contribution in [0.1, 0.15) is 26.2 Å². The Bertz CT molecular complexity index is 449. The summed E-state index contributed by atoms with van der Waals surface area (Å²) in [5, 5.41) is 19.6. The first-order valence-corrected chi connectivity index (χ1v) is 9.86. The summed E-state index contributed by atoms with van der Waals surface area (Å²) in [5.74, 6) is 8.66. The van der Waals surface area contributed by atoms with Crippen LogP contribution in [0, 0.1) is 23.3 Å². The molecule has 0 aromatic carbocycles. The maximum atomic E-state index is 10.5. The van der Waals surface area contributed by atoms with E-state index in [1.165, 1.54) is 0 Å². The molecule has 18 heavy (non-hydrogen) atoms. The van der Waals surface area contributed by atoms with Crippen LogP contribution >= 0.6 is 0 Å². The van der Waals surface area contributed by atoms with E-state index < -0.39 is 19.8 Å². The van der Waals surface area contributed by atoms with Gasteiger partial charge in [0, 0.05) is 12.0 Å². The molecule has 0 fully saturated rings. The molecule has 2 atom stereocenters. The number of allylic oxidation sites excluding steroid dienone is 1. The van der Waals surface area contributed by atoms with Gasteiger partial charge in [0.05, 0.1) is 0 Å². The predicted molar refractivity (Wildman–Crippen MR) is 77.5 cm³/mol. The molecule has 1 aliphatic rings. The Hall–Kier alpha value is -1.00. The van der Waals surface area contributed by atoms with Crippen molar-refractivity contribution in [1.82, 2.24) is 0 Å². The maximum absolute atomic E-state index is 10.5. The second kappa shape index (κ2) is 5.76. The molecular weight excluding hydrogens is 240 g/mol. The Labute approximate surface area is 111 Å². The first-order chi connectivity index (χ1) is 8.23. The van der Waals surface area contributed by atoms with Crippen molar-refractivity contribution in [3.8, 4) is 23.3 Å². The molecule has 0 amide bonds. The van der Waals surface area contributed by atoms with Crippen LogP contribution in [0.3, 0.4) is 0 Å². The molecule has 2 N–H and O–H groups in total. The predicted octanol–water partition coefficient (Wildman–Crippen LogP) is 2.09. The molecule has 0 saturated heterocycles. The summed E-state index contributed by atoms with van der Waals surface area (Å²) in [6.45, 7) is 8.17. The Kier molecular flexibility index (Phi) is 4.82. The third-order valence-electron chi connectivity index (χ3n) is 2.67. The Morgan fingerprint density at radius 1 is 1.44 bits per heavy atom. The van der Waals surface area contributed by atoms with Gasteiger partial charge in [-0.3, -0.25) is 0 Å². The van der Waals surface area contributed by atoms with E-state index in [4.69, 9.17) is 5.11 Å². The molecule has 1 aliphatic carbocycles. The van der Waals surface area contributed by atoms with Gasteiger partial charge in [0.2, 0.25) is 0 Å². The molecule has 1 rings (SSSR count). The molecule has 0 saturated carbocycles. The van der Waals surface area contributed by atoms with Crippen LogP contribution in [-0.4, -0.2) is 30.0 Å². The lowest BCUT2D eigenvalue weighted by atomic mass is 9.92. The van der Waals surface area contributed by atoms with Crippen LogP contribution in [-0.2, 0) is 0 Å². The number of aliphatic hydroxyl groups excluding tert-OH is 1. The fourth-order valence-corrected chi connectivity index (χ4v) is 2.24. The maximum Gasteiger partial charge on any atom is 0.129 e. The molecule has 0 aromatic rings. The molecule has 0 heterocycles. The van der Waals surface area contributed by atoms with E-state index >= 15 is 0 Å². The third-order valence-corrected chi connectivity index (χ3v) is 3.55. The smallest absolute Gasteiger partial charge is 0.129 e. The molecule has 0 aliphatic heterocycles. The van der Waals surface area contributed by atoms with E-state index in [0.29, 0.717) is 12.8 Å². The monoisotopic (exact) mass is 262 g/mol. The molecule has 0 aromatic heterocycles. The van der Waals surface area contributed by atoms with Crippen molar-refractivity contribution in [3.63, 3.8) is 0 Å². The summed E-state index contributed by atoms with van der Waals surface area (Å²) in [6.07, 6.45) is 3.25. The fourth-order valence-electron chi connectivity index (χ4n) is 1.73. The minimum atomic E-state index is -1.43. The largest absolute Gasteiger partial charge is 0.383 e. The van der Waals surface area contributed by atoms with E-state index in [1.807, 2.05) is 6.08 Å². The van der Waals surface area contributed by atoms with Gasteiger partial charge in [-0.25, -0.2) is 0 Å². The van der Waals surface area contributed by atoms with Crippen LogP contribution in [0.5, 0.6) is 0 Å². The first kappa shape index (κ1) is 15.1. The molecule has 0 bridgehead atoms. The molecule has 2 unspecified atom stereocenters. The SMILES string of the molecule is CC(O)C#CCC1(O)CCC=C1C#C[Si](C)(C)C. The van der Waals surface area contributed by atoms with Crippen LogP contribution in [0.4, 0.5) is 0 Å². The van der Waals surface area contributed by atoms with Crippen LogP contribution in [0.2, 0.25) is 19.6 Å². The van der Waals surface area contributed by atoms with E-state index in [1.54, 1.807) is 6.92 Å². The molecule has 0 spiro atoms. The minimum absolute atomic E-state index is 0.351. The highest BCUT2D eigenvalue weighted by molar-refractivity contribution is 6.83. The van der Waals surface area contributed by atoms with Crippen molar-refractivity contribution < 1.29 is 10.2 Å². The standard InChI is InChI=1S/C15H22O2Si/c1-13(16)7-5-10-15(17)11-6-8-14(15)9-12-18(2,3)4/h8,13,16-17H,6,10-11H2,1-4H3. The number of hydrogen-bond donors (Lipinski definition) is 2. The van der Waals surface area contributed by atoms with Crippen molar-refractivity contribution in [2.45, 2.75) is 57.5 Å². The quantitative estimate of drug-likeness (QED) is 0.561. The summed E-state index contributed by atoms with van der Waals surface area (Å²) in [5.41, 5.74) is 3.18. The van der Waals surface area contributed by atoms with Crippen LogP contribution < -0.4 is 0 Å². The van der Waals surface area contributed by atoms with E-state index in [-0.39, 0.29) is 0 Å². The van der Waals surface area contributed by atoms with Gasteiger partial charge in [0.1, 0.15) is 19.8 Å². The lowest BCUT2D eigenvalue weighted by Crippen LogP contribution is -2.27. The van der Waals surface area contributed by atoms with Gasteiger partial charge in [0.15, 0.2) is 0 Å². The summed E-state index contributed by atoms with van der Waals surface area (Å²) in [4.78, 5) is 0. The van der Waals surface area contributed by atoms with Gasteiger partial charge in [-0.1, -0.05) is 43.5 Å². The van der Waals surface area contributed by atoms with E-state index in [9.17, 15) is 5.11 Å². The Balaban J connectivity index is 2.80. The molecule has 0 radical (unpaired) electrons. The highest BCUT2D eigenvalue weighted by atomic mass is 28.3. The highest BCUT2D eigenvalue weighted by Crippen LogP contribution is 2.32. The van der Waals surface area contributed by atoms with Crippen molar-refractivity contribution >= 4 is 8.07 Å². The fraction of sp³-hybridized carbons (Fsp3) is 0.600. The molecular formula is C15H22O2Si. The van der Waals surface area contributed by atoms with Gasteiger partial charge >= 0.3 is 0 Å². The van der Waals surface area contributed by atoms with Crippen LogP contribution in [0.25, 0.3) is 0 Å². The van der Waals surface area contributed by atoms with Gasteiger partial charge < -0.3 is 10.2 Å². The minimum Gasteiger partial charge on any atom is -0.383 e. The Morgan fingerprint density at radius 3 is 2.67 bits per heavy atom. The highest BCUT2D eigenvalue weighted by Gasteiger charge is 2.33. The summed E-state index contributed by atoms with van der Waals surface area (Å²) in [6, 6.07) is 0. The van der Waals surface area contributed by atoms with E-state index in [2.05, 4.69) is 42.9 Å². The number of rotatable bonds is 1. The van der Waals surface area contributed by atoms with Gasteiger partial charge in [-0.15, -0.1) is 5.54 Å². The van der Waals surface area contributed by atoms with Crippen molar-refractivity contribution in [3.05, 3.63) is 11.6 Å². The zero-order chi connectivity index (χ0) is 13.8. The molecule has 2 nitrogen and oxygen atoms in total. The van der Waals surface area contributed by atoms with Gasteiger partial charge in [0.25, 0.3) is 0 Å². The molecule has 3 heteroatoms. The van der Waals surface area contributed by atoms with E-state index in [0.717, 1.165) is 12.0 Å². The van der Waals surface area contributed by atoms with Gasteiger partial charge in [-0.2, -0.15) is 0 Å². The van der Waals surface area contributed by atoms with Gasteiger partial charge in [-0.05, 0) is 19.8 Å². The zero-order valence-electron chi connectivity index (χ0n) is 11.7. The second-order valence-corrected chi connectivity index (χ2v) is 10.6. The van der Waals surface area contributed by atoms with Crippen molar-refractivity contribution in [1.29, 1.82) is 0 Å². The van der Waals surface area contributed by atoms with Crippen LogP contribution in [0.15, 0.2) is 11.6 Å². The van der Waals surface area contributed by atoms with Crippen molar-refractivity contribution in [2.24, 2.45) is 0 Å². The lowest BCUT2D eigenvalue weighted by Gasteiger charge is -2.21. The number of aliphatic hydroxyl groups is 2. The lowest BCUT2D eigenvalue weighted by molar-refractivity contribution is 0.0892. The second-order valence-electron chi connectivity index (χ2n) is 5.86. The normalized spacial score (nSPS) is 24.4. The number of hydrogen-bond acceptors (Lipinski definition) is 2. The summed E-state index contributed by atoms with van der Waals surface area (Å²) >= 11 is 0. The third kappa shape index (κ3) is 4.70. The zero-order valence-corrected chi connectivity index (χ0v) is 12.7. The summed E-state index contributed by atoms with van der Waals surface area (Å²) < 4.78 is 0. The average molecular weight is 262 g/mol. The molecule has 98 valence electrons.